The predicted molar refractivity (Wildman–Crippen MR) is 115 cm³/mol. The number of ether oxygens (including phenoxy) is 1. The summed E-state index contributed by atoms with van der Waals surface area (Å²) in [6, 6.07) is 19.1. The third kappa shape index (κ3) is 4.23. The normalized spacial score (nSPS) is 12.0. The van der Waals surface area contributed by atoms with Crippen molar-refractivity contribution in [1.29, 1.82) is 0 Å². The molecule has 0 fully saturated rings. The van der Waals surface area contributed by atoms with E-state index in [1.54, 1.807) is 0 Å². The number of carbonyl (C=O) groups excluding carboxylic acids is 2. The Labute approximate surface area is 177 Å². The molecule has 156 valence electrons. The van der Waals surface area contributed by atoms with Gasteiger partial charge < -0.3 is 10.1 Å². The fourth-order valence-electron chi connectivity index (χ4n) is 3.79. The molecule has 1 atom stereocenters. The molecular weight excluding hydrogens is 400 g/mol. The minimum Gasteiger partial charge on any atom is -0.467 e. The van der Waals surface area contributed by atoms with E-state index in [2.05, 4.69) is 11.4 Å². The zero-order valence-electron chi connectivity index (χ0n) is 16.7. The summed E-state index contributed by atoms with van der Waals surface area (Å²) < 4.78 is 32.0. The lowest BCUT2D eigenvalue weighted by Crippen LogP contribution is -2.43. The molecule has 0 saturated carbocycles. The molecule has 31 heavy (non-hydrogen) atoms. The van der Waals surface area contributed by atoms with Crippen molar-refractivity contribution in [2.24, 2.45) is 0 Å². The zero-order valence-corrected chi connectivity index (χ0v) is 16.7. The third-order valence-corrected chi connectivity index (χ3v) is 5.21. The number of carbonyl (C=O) groups is 2. The van der Waals surface area contributed by atoms with Gasteiger partial charge in [-0.2, -0.15) is 0 Å². The van der Waals surface area contributed by atoms with Gasteiger partial charge in [-0.1, -0.05) is 48.5 Å². The highest BCUT2D eigenvalue weighted by Crippen LogP contribution is 2.29. The van der Waals surface area contributed by atoms with Gasteiger partial charge in [0.25, 0.3) is 5.91 Å². The van der Waals surface area contributed by atoms with Crippen molar-refractivity contribution < 1.29 is 23.1 Å². The highest BCUT2D eigenvalue weighted by Gasteiger charge is 2.25. The lowest BCUT2D eigenvalue weighted by Gasteiger charge is -2.19. The maximum Gasteiger partial charge on any atom is 0.328 e. The summed E-state index contributed by atoms with van der Waals surface area (Å²) in [6.45, 7) is 0. The SMILES string of the molecule is COC(=O)[C@H](Cc1c2ccccc2cc2ccccc12)NC(=O)c1cc(F)cc(F)c1. The smallest absolute Gasteiger partial charge is 0.328 e. The summed E-state index contributed by atoms with van der Waals surface area (Å²) >= 11 is 0. The highest BCUT2D eigenvalue weighted by atomic mass is 19.1. The zero-order chi connectivity index (χ0) is 22.0. The van der Waals surface area contributed by atoms with Crippen LogP contribution in [0.25, 0.3) is 21.5 Å². The van der Waals surface area contributed by atoms with E-state index in [4.69, 9.17) is 4.74 Å². The summed E-state index contributed by atoms with van der Waals surface area (Å²) in [5, 5.41) is 6.46. The molecule has 6 heteroatoms. The molecule has 0 aliphatic heterocycles. The van der Waals surface area contributed by atoms with E-state index < -0.39 is 29.6 Å². The summed E-state index contributed by atoms with van der Waals surface area (Å²) in [6.07, 6.45) is 0.151. The first kappa shape index (κ1) is 20.5. The second-order valence-corrected chi connectivity index (χ2v) is 7.21. The van der Waals surface area contributed by atoms with E-state index in [1.165, 1.54) is 7.11 Å². The van der Waals surface area contributed by atoms with Crippen LogP contribution in [0.4, 0.5) is 8.78 Å². The summed E-state index contributed by atoms with van der Waals surface area (Å²) in [7, 11) is 1.23. The lowest BCUT2D eigenvalue weighted by atomic mass is 9.92. The first-order chi connectivity index (χ1) is 15.0. The van der Waals surface area contributed by atoms with Gasteiger partial charge in [0, 0.05) is 18.1 Å². The Morgan fingerprint density at radius 3 is 1.97 bits per heavy atom. The molecule has 4 aromatic carbocycles. The Morgan fingerprint density at radius 2 is 1.42 bits per heavy atom. The van der Waals surface area contributed by atoms with Gasteiger partial charge in [-0.15, -0.1) is 0 Å². The molecule has 0 aliphatic rings. The van der Waals surface area contributed by atoms with Gasteiger partial charge >= 0.3 is 5.97 Å². The van der Waals surface area contributed by atoms with Gasteiger partial charge in [0.1, 0.15) is 17.7 Å². The van der Waals surface area contributed by atoms with Crippen LogP contribution in [0.15, 0.2) is 72.8 Å². The number of rotatable bonds is 5. The molecule has 0 aromatic heterocycles. The van der Waals surface area contributed by atoms with Gasteiger partial charge in [-0.05, 0) is 45.3 Å². The monoisotopic (exact) mass is 419 g/mol. The molecule has 0 saturated heterocycles. The molecule has 0 heterocycles. The number of halogens is 2. The summed E-state index contributed by atoms with van der Waals surface area (Å²) in [5.41, 5.74) is 0.656. The number of benzene rings is 4. The van der Waals surface area contributed by atoms with Crippen molar-refractivity contribution in [1.82, 2.24) is 5.32 Å². The Hall–Kier alpha value is -3.80. The lowest BCUT2D eigenvalue weighted by molar-refractivity contribution is -0.142. The Morgan fingerprint density at radius 1 is 0.871 bits per heavy atom. The van der Waals surface area contributed by atoms with Crippen molar-refractivity contribution in [3.8, 4) is 0 Å². The molecule has 4 rings (SSSR count). The van der Waals surface area contributed by atoms with Crippen molar-refractivity contribution in [2.45, 2.75) is 12.5 Å². The van der Waals surface area contributed by atoms with E-state index >= 15 is 0 Å². The van der Waals surface area contributed by atoms with Gasteiger partial charge in [0.2, 0.25) is 0 Å². The number of methoxy groups -OCH3 is 1. The van der Waals surface area contributed by atoms with Crippen molar-refractivity contribution in [3.05, 3.63) is 95.6 Å². The molecular formula is C25H19F2NO3. The molecule has 0 aliphatic carbocycles. The quantitative estimate of drug-likeness (QED) is 0.374. The second kappa shape index (κ2) is 8.52. The fourth-order valence-corrected chi connectivity index (χ4v) is 3.79. The molecule has 4 nitrogen and oxygen atoms in total. The molecule has 1 N–H and O–H groups in total. The Bertz CT molecular complexity index is 1230. The van der Waals surface area contributed by atoms with Crippen LogP contribution in [0.5, 0.6) is 0 Å². The van der Waals surface area contributed by atoms with Crippen LogP contribution in [-0.4, -0.2) is 25.0 Å². The van der Waals surface area contributed by atoms with Gasteiger partial charge in [0.05, 0.1) is 7.11 Å². The predicted octanol–water partition coefficient (Wildman–Crippen LogP) is 4.79. The molecule has 4 aromatic rings. The first-order valence-corrected chi connectivity index (χ1v) is 9.70. The van der Waals surface area contributed by atoms with Crippen LogP contribution in [0, 0.1) is 11.6 Å². The van der Waals surface area contributed by atoms with E-state index in [0.29, 0.717) is 6.07 Å². The van der Waals surface area contributed by atoms with Gasteiger partial charge in [-0.3, -0.25) is 4.79 Å². The van der Waals surface area contributed by atoms with Crippen molar-refractivity contribution in [3.63, 3.8) is 0 Å². The largest absolute Gasteiger partial charge is 0.467 e. The number of fused-ring (bicyclic) bond motifs is 2. The molecule has 0 spiro atoms. The first-order valence-electron chi connectivity index (χ1n) is 9.70. The topological polar surface area (TPSA) is 55.4 Å². The van der Waals surface area contributed by atoms with E-state index in [-0.39, 0.29) is 12.0 Å². The molecule has 0 unspecified atom stereocenters. The number of nitrogens with one attached hydrogen (secondary N) is 1. The number of esters is 1. The minimum absolute atomic E-state index is 0.151. The van der Waals surface area contributed by atoms with Crippen LogP contribution < -0.4 is 5.32 Å². The van der Waals surface area contributed by atoms with Crippen molar-refractivity contribution >= 4 is 33.4 Å². The Balaban J connectivity index is 1.75. The average molecular weight is 419 g/mol. The van der Waals surface area contributed by atoms with Gasteiger partial charge in [-0.25, -0.2) is 13.6 Å². The summed E-state index contributed by atoms with van der Waals surface area (Å²) in [5.74, 6) is -3.17. The van der Waals surface area contributed by atoms with Crippen LogP contribution in [0.1, 0.15) is 15.9 Å². The van der Waals surface area contributed by atoms with E-state index in [0.717, 1.165) is 39.2 Å². The maximum atomic E-state index is 13.5. The maximum absolute atomic E-state index is 13.5. The average Bonchev–Trinajstić information content (AvgIpc) is 2.77. The van der Waals surface area contributed by atoms with Gasteiger partial charge in [0.15, 0.2) is 0 Å². The van der Waals surface area contributed by atoms with Crippen LogP contribution >= 0.6 is 0 Å². The summed E-state index contributed by atoms with van der Waals surface area (Å²) in [4.78, 5) is 25.1. The molecule has 1 amide bonds. The Kier molecular flexibility index (Phi) is 5.62. The van der Waals surface area contributed by atoms with Crippen LogP contribution in [0.3, 0.4) is 0 Å². The van der Waals surface area contributed by atoms with Crippen LogP contribution in [-0.2, 0) is 16.0 Å². The third-order valence-electron chi connectivity index (χ3n) is 5.21. The fraction of sp³-hybridized carbons (Fsp3) is 0.120. The van der Waals surface area contributed by atoms with Crippen LogP contribution in [0.2, 0.25) is 0 Å². The molecule has 0 radical (unpaired) electrons. The molecule has 0 bridgehead atoms. The standard InChI is InChI=1S/C25H19F2NO3/c1-31-25(30)23(28-24(29)17-11-18(26)13-19(27)12-17)14-22-20-8-4-2-6-15(20)10-16-7-3-5-9-21(16)22/h2-13,23H,14H2,1H3,(H,28,29)/t23-/m0/s1. The number of hydrogen-bond acceptors (Lipinski definition) is 3. The highest BCUT2D eigenvalue weighted by molar-refractivity contribution is 6.03. The van der Waals surface area contributed by atoms with E-state index in [9.17, 15) is 18.4 Å². The van der Waals surface area contributed by atoms with E-state index in [1.807, 2.05) is 48.5 Å². The number of hydrogen-bond donors (Lipinski definition) is 1. The minimum atomic E-state index is -1.04. The van der Waals surface area contributed by atoms with Crippen molar-refractivity contribution in [2.75, 3.05) is 7.11 Å². The number of amides is 1. The second-order valence-electron chi connectivity index (χ2n) is 7.21.